The van der Waals surface area contributed by atoms with Crippen molar-refractivity contribution in [1.82, 2.24) is 9.88 Å². The van der Waals surface area contributed by atoms with Crippen LogP contribution in [0.25, 0.3) is 0 Å². The molecular formula is C12H14N2O2. The molecule has 0 fully saturated rings. The Morgan fingerprint density at radius 3 is 2.75 bits per heavy atom. The maximum Gasteiger partial charge on any atom is 0.280 e. The summed E-state index contributed by atoms with van der Waals surface area (Å²) in [6, 6.07) is 3.34. The van der Waals surface area contributed by atoms with Gasteiger partial charge in [0.2, 0.25) is 0 Å². The summed E-state index contributed by atoms with van der Waals surface area (Å²) in [5.74, 6) is -0.457. The predicted octanol–water partition coefficient (Wildman–Crippen LogP) is 1.87. The Bertz CT molecular complexity index is 394. The zero-order chi connectivity index (χ0) is 11.5. The molecule has 0 N–H and O–H groups in total. The summed E-state index contributed by atoms with van der Waals surface area (Å²) in [6.07, 6.45) is 4.50. The molecule has 0 aliphatic carbocycles. The second-order valence-corrected chi connectivity index (χ2v) is 3.87. The summed E-state index contributed by atoms with van der Waals surface area (Å²) in [7, 11) is 0. The summed E-state index contributed by atoms with van der Waals surface area (Å²) in [5.41, 5.74) is 0.730. The standard InChI is InChI=1S/C12H14N2O2/c1-2-3-4-8-14-11(15)9-6-5-7-13-10(9)12(14)16/h5-7H,2-4,8H2,1H3. The first-order valence-electron chi connectivity index (χ1n) is 5.57. The summed E-state index contributed by atoms with van der Waals surface area (Å²) in [4.78, 5) is 29.0. The Kier molecular flexibility index (Phi) is 2.99. The van der Waals surface area contributed by atoms with Crippen molar-refractivity contribution >= 4 is 11.8 Å². The van der Waals surface area contributed by atoms with Crippen LogP contribution in [-0.2, 0) is 0 Å². The van der Waals surface area contributed by atoms with Gasteiger partial charge in [-0.25, -0.2) is 0 Å². The number of hydrogen-bond acceptors (Lipinski definition) is 3. The summed E-state index contributed by atoms with van der Waals surface area (Å²) in [5, 5.41) is 0. The highest BCUT2D eigenvalue weighted by atomic mass is 16.2. The summed E-state index contributed by atoms with van der Waals surface area (Å²) < 4.78 is 0. The molecule has 16 heavy (non-hydrogen) atoms. The van der Waals surface area contributed by atoms with Crippen molar-refractivity contribution in [3.63, 3.8) is 0 Å². The zero-order valence-electron chi connectivity index (χ0n) is 9.27. The molecule has 4 heteroatoms. The van der Waals surface area contributed by atoms with E-state index >= 15 is 0 Å². The predicted molar refractivity (Wildman–Crippen MR) is 59.1 cm³/mol. The average Bonchev–Trinajstić information content (AvgIpc) is 2.55. The van der Waals surface area contributed by atoms with Gasteiger partial charge in [0.25, 0.3) is 11.8 Å². The molecule has 0 unspecified atom stereocenters. The van der Waals surface area contributed by atoms with Crippen molar-refractivity contribution in [1.29, 1.82) is 0 Å². The minimum Gasteiger partial charge on any atom is -0.273 e. The quantitative estimate of drug-likeness (QED) is 0.572. The van der Waals surface area contributed by atoms with E-state index in [1.165, 1.54) is 4.90 Å². The molecule has 0 bridgehead atoms. The number of pyridine rings is 1. The number of fused-ring (bicyclic) bond motifs is 1. The molecule has 0 atom stereocenters. The SMILES string of the molecule is CCCCCN1C(=O)c2cccnc2C1=O. The molecular weight excluding hydrogens is 204 g/mol. The van der Waals surface area contributed by atoms with E-state index < -0.39 is 0 Å². The van der Waals surface area contributed by atoms with E-state index in [2.05, 4.69) is 11.9 Å². The maximum atomic E-state index is 11.9. The first-order chi connectivity index (χ1) is 7.75. The van der Waals surface area contributed by atoms with Crippen LogP contribution in [0.3, 0.4) is 0 Å². The first kappa shape index (κ1) is 10.8. The molecule has 0 radical (unpaired) electrons. The highest BCUT2D eigenvalue weighted by Crippen LogP contribution is 2.20. The fourth-order valence-electron chi connectivity index (χ4n) is 1.84. The van der Waals surface area contributed by atoms with E-state index in [0.29, 0.717) is 17.8 Å². The lowest BCUT2D eigenvalue weighted by Gasteiger charge is -2.12. The van der Waals surface area contributed by atoms with Crippen molar-refractivity contribution in [2.75, 3.05) is 6.54 Å². The van der Waals surface area contributed by atoms with Crippen molar-refractivity contribution < 1.29 is 9.59 Å². The molecule has 2 rings (SSSR count). The summed E-state index contributed by atoms with van der Waals surface area (Å²) in [6.45, 7) is 2.59. The molecule has 1 aliphatic rings. The number of carbonyl (C=O) groups is 2. The van der Waals surface area contributed by atoms with Gasteiger partial charge in [-0.1, -0.05) is 19.8 Å². The van der Waals surface area contributed by atoms with E-state index in [0.717, 1.165) is 19.3 Å². The first-order valence-corrected chi connectivity index (χ1v) is 5.57. The fourth-order valence-corrected chi connectivity index (χ4v) is 1.84. The minimum absolute atomic E-state index is 0.204. The van der Waals surface area contributed by atoms with Crippen LogP contribution < -0.4 is 0 Å². The Morgan fingerprint density at radius 2 is 2.06 bits per heavy atom. The number of nitrogens with zero attached hydrogens (tertiary/aromatic N) is 2. The molecule has 84 valence electrons. The topological polar surface area (TPSA) is 50.3 Å². The molecule has 4 nitrogen and oxygen atoms in total. The smallest absolute Gasteiger partial charge is 0.273 e. The van der Waals surface area contributed by atoms with Gasteiger partial charge in [-0.15, -0.1) is 0 Å². The van der Waals surface area contributed by atoms with Gasteiger partial charge in [0, 0.05) is 12.7 Å². The number of aromatic nitrogens is 1. The number of rotatable bonds is 4. The van der Waals surface area contributed by atoms with Gasteiger partial charge < -0.3 is 0 Å². The van der Waals surface area contributed by atoms with E-state index in [4.69, 9.17) is 0 Å². The van der Waals surface area contributed by atoms with Crippen LogP contribution in [0.1, 0.15) is 47.0 Å². The van der Waals surface area contributed by atoms with Crippen molar-refractivity contribution in [3.05, 3.63) is 29.6 Å². The maximum absolute atomic E-state index is 11.9. The van der Waals surface area contributed by atoms with Gasteiger partial charge >= 0.3 is 0 Å². The monoisotopic (exact) mass is 218 g/mol. The minimum atomic E-state index is -0.253. The Morgan fingerprint density at radius 1 is 1.25 bits per heavy atom. The largest absolute Gasteiger partial charge is 0.280 e. The van der Waals surface area contributed by atoms with Gasteiger partial charge in [-0.3, -0.25) is 19.5 Å². The highest BCUT2D eigenvalue weighted by molar-refractivity contribution is 6.20. The van der Waals surface area contributed by atoms with Gasteiger partial charge in [0.1, 0.15) is 5.69 Å². The van der Waals surface area contributed by atoms with Crippen molar-refractivity contribution in [2.45, 2.75) is 26.2 Å². The molecule has 2 amide bonds. The third-order valence-corrected chi connectivity index (χ3v) is 2.72. The highest BCUT2D eigenvalue weighted by Gasteiger charge is 2.35. The lowest BCUT2D eigenvalue weighted by atomic mass is 10.2. The number of amides is 2. The van der Waals surface area contributed by atoms with E-state index in [-0.39, 0.29) is 11.8 Å². The van der Waals surface area contributed by atoms with E-state index in [9.17, 15) is 9.59 Å². The Labute approximate surface area is 94.3 Å². The van der Waals surface area contributed by atoms with Crippen LogP contribution in [0.15, 0.2) is 18.3 Å². The second kappa shape index (κ2) is 4.43. The number of imide groups is 1. The molecule has 1 aliphatic heterocycles. The molecule has 0 saturated heterocycles. The number of hydrogen-bond donors (Lipinski definition) is 0. The Balaban J connectivity index is 2.15. The summed E-state index contributed by atoms with van der Waals surface area (Å²) >= 11 is 0. The molecule has 0 saturated carbocycles. The van der Waals surface area contributed by atoms with Gasteiger partial charge in [-0.2, -0.15) is 0 Å². The number of unbranched alkanes of at least 4 members (excludes halogenated alkanes) is 2. The van der Waals surface area contributed by atoms with Crippen LogP contribution in [0.2, 0.25) is 0 Å². The molecule has 1 aromatic rings. The second-order valence-electron chi connectivity index (χ2n) is 3.87. The van der Waals surface area contributed by atoms with Crippen LogP contribution in [0.5, 0.6) is 0 Å². The van der Waals surface area contributed by atoms with Crippen molar-refractivity contribution in [3.8, 4) is 0 Å². The van der Waals surface area contributed by atoms with Crippen LogP contribution in [0.4, 0.5) is 0 Å². The fraction of sp³-hybridized carbons (Fsp3) is 0.417. The van der Waals surface area contributed by atoms with Crippen molar-refractivity contribution in [2.24, 2.45) is 0 Å². The van der Waals surface area contributed by atoms with Gasteiger partial charge in [0.15, 0.2) is 0 Å². The van der Waals surface area contributed by atoms with Gasteiger partial charge in [-0.05, 0) is 18.6 Å². The van der Waals surface area contributed by atoms with E-state index in [1.807, 2.05) is 0 Å². The third kappa shape index (κ3) is 1.71. The number of carbonyl (C=O) groups excluding carboxylic acids is 2. The van der Waals surface area contributed by atoms with E-state index in [1.54, 1.807) is 18.3 Å². The average molecular weight is 218 g/mol. The normalized spacial score (nSPS) is 14.4. The van der Waals surface area contributed by atoms with Gasteiger partial charge in [0.05, 0.1) is 5.56 Å². The molecule has 2 heterocycles. The third-order valence-electron chi connectivity index (χ3n) is 2.72. The Hall–Kier alpha value is -1.71. The lowest BCUT2D eigenvalue weighted by molar-refractivity contribution is 0.0650. The lowest BCUT2D eigenvalue weighted by Crippen LogP contribution is -2.30. The van der Waals surface area contributed by atoms with Crippen LogP contribution >= 0.6 is 0 Å². The molecule has 1 aromatic heterocycles. The molecule has 0 spiro atoms. The zero-order valence-corrected chi connectivity index (χ0v) is 9.27. The molecule has 0 aromatic carbocycles. The van der Waals surface area contributed by atoms with Crippen LogP contribution in [0, 0.1) is 0 Å². The van der Waals surface area contributed by atoms with Crippen LogP contribution in [-0.4, -0.2) is 28.2 Å².